The van der Waals surface area contributed by atoms with Gasteiger partial charge < -0.3 is 14.2 Å². The lowest BCUT2D eigenvalue weighted by molar-refractivity contribution is -0.00106. The number of hydrogen-bond acceptors (Lipinski definition) is 6. The standard InChI is InChI=1S/C22H19FN2O5/c1-2-28-22(27)18-19(16-10-6-7-11-17(16)23)24-25-12-15(13-29-20(18)25)30-21(26)14-8-4-3-5-9-14/h3-11,15H,2,12-13H2,1H3. The second-order valence-electron chi connectivity index (χ2n) is 6.62. The van der Waals surface area contributed by atoms with Crippen molar-refractivity contribution in [3.63, 3.8) is 0 Å². The third kappa shape index (κ3) is 3.76. The summed E-state index contributed by atoms with van der Waals surface area (Å²) in [6.07, 6.45) is -0.617. The summed E-state index contributed by atoms with van der Waals surface area (Å²) >= 11 is 0. The van der Waals surface area contributed by atoms with Crippen molar-refractivity contribution in [3.8, 4) is 17.1 Å². The molecule has 2 aromatic carbocycles. The lowest BCUT2D eigenvalue weighted by Gasteiger charge is -2.24. The van der Waals surface area contributed by atoms with Crippen LogP contribution in [0, 0.1) is 5.82 Å². The third-order valence-electron chi connectivity index (χ3n) is 4.58. The average Bonchev–Trinajstić information content (AvgIpc) is 3.13. The maximum Gasteiger partial charge on any atom is 0.345 e. The Bertz CT molecular complexity index is 1080. The minimum absolute atomic E-state index is 0.0351. The molecule has 154 valence electrons. The number of esters is 2. The van der Waals surface area contributed by atoms with Gasteiger partial charge in [0.25, 0.3) is 0 Å². The van der Waals surface area contributed by atoms with Crippen molar-refractivity contribution >= 4 is 11.9 Å². The van der Waals surface area contributed by atoms with E-state index < -0.39 is 23.9 Å². The number of benzene rings is 2. The summed E-state index contributed by atoms with van der Waals surface area (Å²) < 4.78 is 32.1. The van der Waals surface area contributed by atoms with Gasteiger partial charge >= 0.3 is 11.9 Å². The van der Waals surface area contributed by atoms with E-state index in [0.717, 1.165) is 0 Å². The van der Waals surface area contributed by atoms with Gasteiger partial charge in [0.1, 0.15) is 23.7 Å². The highest BCUT2D eigenvalue weighted by atomic mass is 19.1. The Morgan fingerprint density at radius 2 is 1.87 bits per heavy atom. The van der Waals surface area contributed by atoms with Gasteiger partial charge in [0.15, 0.2) is 6.10 Å². The van der Waals surface area contributed by atoms with Crippen molar-refractivity contribution in [3.05, 3.63) is 71.5 Å². The maximum atomic E-state index is 14.4. The quantitative estimate of drug-likeness (QED) is 0.599. The molecule has 1 aliphatic heterocycles. The molecule has 0 bridgehead atoms. The number of fused-ring (bicyclic) bond motifs is 1. The van der Waals surface area contributed by atoms with Gasteiger partial charge in [-0.2, -0.15) is 5.10 Å². The first kappa shape index (κ1) is 19.6. The number of aromatic nitrogens is 2. The zero-order valence-corrected chi connectivity index (χ0v) is 16.2. The largest absolute Gasteiger partial charge is 0.473 e. The molecular formula is C22H19FN2O5. The van der Waals surface area contributed by atoms with E-state index in [1.807, 2.05) is 0 Å². The van der Waals surface area contributed by atoms with E-state index in [1.165, 1.54) is 16.8 Å². The molecule has 0 fully saturated rings. The van der Waals surface area contributed by atoms with Gasteiger partial charge in [-0.15, -0.1) is 0 Å². The molecule has 2 heterocycles. The molecule has 1 aromatic heterocycles. The van der Waals surface area contributed by atoms with E-state index in [9.17, 15) is 14.0 Å². The molecular weight excluding hydrogens is 391 g/mol. The number of rotatable bonds is 5. The van der Waals surface area contributed by atoms with Gasteiger partial charge in [0, 0.05) is 5.56 Å². The summed E-state index contributed by atoms with van der Waals surface area (Å²) in [6.45, 7) is 2.02. The van der Waals surface area contributed by atoms with E-state index in [4.69, 9.17) is 14.2 Å². The van der Waals surface area contributed by atoms with Crippen molar-refractivity contribution in [1.29, 1.82) is 0 Å². The van der Waals surface area contributed by atoms with Gasteiger partial charge in [-0.25, -0.2) is 18.7 Å². The normalized spacial score (nSPS) is 15.1. The first-order valence-corrected chi connectivity index (χ1v) is 9.50. The predicted molar refractivity (Wildman–Crippen MR) is 105 cm³/mol. The van der Waals surface area contributed by atoms with Crippen molar-refractivity contribution in [1.82, 2.24) is 9.78 Å². The molecule has 30 heavy (non-hydrogen) atoms. The summed E-state index contributed by atoms with van der Waals surface area (Å²) in [7, 11) is 0. The van der Waals surface area contributed by atoms with Crippen LogP contribution in [0.3, 0.4) is 0 Å². The molecule has 0 saturated heterocycles. The number of ether oxygens (including phenoxy) is 3. The van der Waals surface area contributed by atoms with Crippen molar-refractivity contribution in [2.24, 2.45) is 0 Å². The van der Waals surface area contributed by atoms with Gasteiger partial charge in [-0.05, 0) is 31.2 Å². The second-order valence-corrected chi connectivity index (χ2v) is 6.62. The van der Waals surface area contributed by atoms with Crippen molar-refractivity contribution in [2.45, 2.75) is 19.6 Å². The van der Waals surface area contributed by atoms with Crippen LogP contribution in [-0.4, -0.2) is 41.0 Å². The zero-order valence-electron chi connectivity index (χ0n) is 16.2. The fourth-order valence-corrected chi connectivity index (χ4v) is 3.23. The fourth-order valence-electron chi connectivity index (χ4n) is 3.23. The Balaban J connectivity index is 1.64. The SMILES string of the molecule is CCOC(=O)c1c(-c2ccccc2F)nn2c1OCC(OC(=O)c1ccccc1)C2. The highest BCUT2D eigenvalue weighted by Crippen LogP contribution is 2.35. The first-order valence-electron chi connectivity index (χ1n) is 9.50. The maximum absolute atomic E-state index is 14.4. The molecule has 1 aliphatic rings. The molecule has 1 atom stereocenters. The fraction of sp³-hybridized carbons (Fsp3) is 0.227. The van der Waals surface area contributed by atoms with E-state index in [2.05, 4.69) is 5.10 Å². The van der Waals surface area contributed by atoms with Crippen LogP contribution in [0.2, 0.25) is 0 Å². The Morgan fingerprint density at radius 3 is 2.60 bits per heavy atom. The second kappa shape index (κ2) is 8.36. The van der Waals surface area contributed by atoms with Crippen LogP contribution in [0.15, 0.2) is 54.6 Å². The molecule has 1 unspecified atom stereocenters. The van der Waals surface area contributed by atoms with Crippen molar-refractivity contribution < 1.29 is 28.2 Å². The van der Waals surface area contributed by atoms with E-state index >= 15 is 0 Å². The van der Waals surface area contributed by atoms with Gasteiger partial charge in [0.2, 0.25) is 5.88 Å². The van der Waals surface area contributed by atoms with Crippen LogP contribution in [0.5, 0.6) is 5.88 Å². The Labute approximate surface area is 172 Å². The Kier molecular flexibility index (Phi) is 5.47. The van der Waals surface area contributed by atoms with Crippen LogP contribution in [0.1, 0.15) is 27.6 Å². The van der Waals surface area contributed by atoms with Crippen LogP contribution in [0.4, 0.5) is 4.39 Å². The molecule has 8 heteroatoms. The number of carbonyl (C=O) groups is 2. The lowest BCUT2D eigenvalue weighted by atomic mass is 10.1. The topological polar surface area (TPSA) is 79.7 Å². The highest BCUT2D eigenvalue weighted by Gasteiger charge is 2.34. The van der Waals surface area contributed by atoms with Crippen LogP contribution < -0.4 is 4.74 Å². The molecule has 3 aromatic rings. The number of nitrogens with zero attached hydrogens (tertiary/aromatic N) is 2. The average molecular weight is 410 g/mol. The van der Waals surface area contributed by atoms with Crippen LogP contribution in [0.25, 0.3) is 11.3 Å². The molecule has 0 radical (unpaired) electrons. The van der Waals surface area contributed by atoms with Crippen LogP contribution in [-0.2, 0) is 16.0 Å². The number of carbonyl (C=O) groups excluding carboxylic acids is 2. The molecule has 0 spiro atoms. The Hall–Kier alpha value is -3.68. The summed E-state index contributed by atoms with van der Waals surface area (Å²) in [6, 6.07) is 14.6. The van der Waals surface area contributed by atoms with E-state index in [0.29, 0.717) is 5.56 Å². The first-order chi connectivity index (χ1) is 14.6. The van der Waals surface area contributed by atoms with E-state index in [1.54, 1.807) is 49.4 Å². The number of halogens is 1. The smallest absolute Gasteiger partial charge is 0.345 e. The monoisotopic (exact) mass is 410 g/mol. The Morgan fingerprint density at radius 1 is 1.13 bits per heavy atom. The summed E-state index contributed by atoms with van der Waals surface area (Å²) in [5.74, 6) is -1.50. The zero-order chi connectivity index (χ0) is 21.1. The molecule has 0 aliphatic carbocycles. The van der Waals surface area contributed by atoms with Gasteiger partial charge in [0.05, 0.1) is 18.7 Å². The third-order valence-corrected chi connectivity index (χ3v) is 4.58. The molecule has 7 nitrogen and oxygen atoms in total. The molecule has 0 saturated carbocycles. The molecule has 0 N–H and O–H groups in total. The van der Waals surface area contributed by atoms with Crippen molar-refractivity contribution in [2.75, 3.05) is 13.2 Å². The minimum Gasteiger partial charge on any atom is -0.473 e. The highest BCUT2D eigenvalue weighted by molar-refractivity contribution is 5.99. The molecule has 0 amide bonds. The van der Waals surface area contributed by atoms with Gasteiger partial charge in [-0.3, -0.25) is 0 Å². The van der Waals surface area contributed by atoms with E-state index in [-0.39, 0.29) is 42.5 Å². The summed E-state index contributed by atoms with van der Waals surface area (Å²) in [5, 5.41) is 4.37. The van der Waals surface area contributed by atoms with Gasteiger partial charge in [-0.1, -0.05) is 30.3 Å². The lowest BCUT2D eigenvalue weighted by Crippen LogP contribution is -2.35. The minimum atomic E-state index is -0.656. The molecule has 4 rings (SSSR count). The van der Waals surface area contributed by atoms with Crippen LogP contribution >= 0.6 is 0 Å². The number of hydrogen-bond donors (Lipinski definition) is 0. The predicted octanol–water partition coefficient (Wildman–Crippen LogP) is 3.48. The summed E-state index contributed by atoms with van der Waals surface area (Å²) in [4.78, 5) is 24.9. The summed E-state index contributed by atoms with van der Waals surface area (Å²) in [5.41, 5.74) is 0.748.